The van der Waals surface area contributed by atoms with Crippen molar-refractivity contribution < 1.29 is 23.7 Å². The van der Waals surface area contributed by atoms with E-state index in [1.54, 1.807) is 19.2 Å². The minimum Gasteiger partial charge on any atom is -0.507 e. The van der Waals surface area contributed by atoms with E-state index in [0.717, 1.165) is 22.6 Å². The van der Waals surface area contributed by atoms with Crippen LogP contribution in [0.15, 0.2) is 77.2 Å². The van der Waals surface area contributed by atoms with Gasteiger partial charge in [0.1, 0.15) is 41.4 Å². The van der Waals surface area contributed by atoms with E-state index in [2.05, 4.69) is 4.98 Å². The van der Waals surface area contributed by atoms with Crippen molar-refractivity contribution in [3.8, 4) is 28.7 Å². The van der Waals surface area contributed by atoms with E-state index in [1.807, 2.05) is 74.5 Å². The largest absolute Gasteiger partial charge is 0.507 e. The molecule has 0 amide bonds. The van der Waals surface area contributed by atoms with Crippen LogP contribution in [0.4, 0.5) is 0 Å². The Labute approximate surface area is 193 Å². The molecule has 6 nitrogen and oxygen atoms in total. The maximum absolute atomic E-state index is 10.5. The zero-order chi connectivity index (χ0) is 23.2. The maximum atomic E-state index is 10.5. The molecule has 0 saturated carbocycles. The first kappa shape index (κ1) is 22.4. The molecule has 0 aliphatic rings. The molecule has 1 N–H and O–H groups in total. The highest BCUT2D eigenvalue weighted by molar-refractivity contribution is 5.53. The molecule has 0 saturated heterocycles. The molecule has 4 rings (SSSR count). The predicted molar refractivity (Wildman–Crippen MR) is 126 cm³/mol. The van der Waals surface area contributed by atoms with Gasteiger partial charge in [0.15, 0.2) is 0 Å². The van der Waals surface area contributed by atoms with Gasteiger partial charge in [-0.2, -0.15) is 0 Å². The molecule has 4 aromatic rings. The number of hydrogen-bond donors (Lipinski definition) is 1. The Bertz CT molecular complexity index is 1200. The standard InChI is InChI=1S/C27H27NO5/c1-4-31-26(23-14-13-21(30-3)16-25(23)29)20-11-8-12-22(15-20)32-17-24-18(2)33-27(28-24)19-9-6-5-7-10-19/h5-16,26,29H,4,17H2,1-3H3. The van der Waals surface area contributed by atoms with E-state index in [-0.39, 0.29) is 12.4 Å². The number of aromatic nitrogens is 1. The highest BCUT2D eigenvalue weighted by Gasteiger charge is 2.19. The molecule has 3 aromatic carbocycles. The van der Waals surface area contributed by atoms with Crippen LogP contribution in [0.25, 0.3) is 11.5 Å². The number of rotatable bonds is 9. The summed E-state index contributed by atoms with van der Waals surface area (Å²) in [5.41, 5.74) is 3.20. The number of nitrogens with zero attached hydrogens (tertiary/aromatic N) is 1. The first-order chi connectivity index (χ1) is 16.1. The number of aryl methyl sites for hydroxylation is 1. The van der Waals surface area contributed by atoms with Gasteiger partial charge >= 0.3 is 0 Å². The zero-order valence-electron chi connectivity index (χ0n) is 18.9. The molecular formula is C27H27NO5. The maximum Gasteiger partial charge on any atom is 0.226 e. The smallest absolute Gasteiger partial charge is 0.226 e. The van der Waals surface area contributed by atoms with Crippen LogP contribution in [0.3, 0.4) is 0 Å². The third kappa shape index (κ3) is 5.18. The van der Waals surface area contributed by atoms with Gasteiger partial charge in [0.25, 0.3) is 0 Å². The van der Waals surface area contributed by atoms with Crippen LogP contribution >= 0.6 is 0 Å². The van der Waals surface area contributed by atoms with Crippen LogP contribution in [0.2, 0.25) is 0 Å². The molecule has 1 aromatic heterocycles. The summed E-state index contributed by atoms with van der Waals surface area (Å²) in [5, 5.41) is 10.5. The molecular weight excluding hydrogens is 418 g/mol. The second-order valence-electron chi connectivity index (χ2n) is 7.51. The molecule has 0 fully saturated rings. The molecule has 1 heterocycles. The van der Waals surface area contributed by atoms with Crippen molar-refractivity contribution in [2.45, 2.75) is 26.6 Å². The zero-order valence-corrected chi connectivity index (χ0v) is 18.9. The van der Waals surface area contributed by atoms with Gasteiger partial charge in [-0.15, -0.1) is 0 Å². The van der Waals surface area contributed by atoms with E-state index in [9.17, 15) is 5.11 Å². The Balaban J connectivity index is 1.53. The van der Waals surface area contributed by atoms with Crippen molar-refractivity contribution in [2.75, 3.05) is 13.7 Å². The van der Waals surface area contributed by atoms with Crippen molar-refractivity contribution in [1.29, 1.82) is 0 Å². The fourth-order valence-electron chi connectivity index (χ4n) is 3.59. The number of methoxy groups -OCH3 is 1. The lowest BCUT2D eigenvalue weighted by atomic mass is 10.00. The first-order valence-corrected chi connectivity index (χ1v) is 10.8. The molecule has 6 heteroatoms. The fraction of sp³-hybridized carbons (Fsp3) is 0.222. The molecule has 0 aliphatic carbocycles. The Hall–Kier alpha value is -3.77. The normalized spacial score (nSPS) is 11.8. The van der Waals surface area contributed by atoms with Gasteiger partial charge in [0.05, 0.1) is 7.11 Å². The molecule has 170 valence electrons. The van der Waals surface area contributed by atoms with E-state index in [1.165, 1.54) is 0 Å². The third-order valence-corrected chi connectivity index (χ3v) is 5.30. The first-order valence-electron chi connectivity index (χ1n) is 10.8. The van der Waals surface area contributed by atoms with Crippen molar-refractivity contribution in [3.05, 3.63) is 95.4 Å². The number of ether oxygens (including phenoxy) is 3. The predicted octanol–water partition coefficient (Wildman–Crippen LogP) is 6.07. The Morgan fingerprint density at radius 3 is 2.52 bits per heavy atom. The van der Waals surface area contributed by atoms with Crippen LogP contribution in [-0.2, 0) is 11.3 Å². The van der Waals surface area contributed by atoms with Crippen LogP contribution in [0.1, 0.15) is 35.6 Å². The van der Waals surface area contributed by atoms with E-state index in [4.69, 9.17) is 18.6 Å². The highest BCUT2D eigenvalue weighted by atomic mass is 16.5. The number of phenolic OH excluding ortho intramolecular Hbond substituents is 1. The molecule has 0 spiro atoms. The highest BCUT2D eigenvalue weighted by Crippen LogP contribution is 2.36. The quantitative estimate of drug-likeness (QED) is 0.337. The number of hydrogen-bond acceptors (Lipinski definition) is 6. The van der Waals surface area contributed by atoms with Gasteiger partial charge in [-0.1, -0.05) is 30.3 Å². The van der Waals surface area contributed by atoms with E-state index in [0.29, 0.717) is 29.6 Å². The SMILES string of the molecule is CCOC(c1cccc(OCc2nc(-c3ccccc3)oc2C)c1)c1ccc(OC)cc1O. The van der Waals surface area contributed by atoms with E-state index >= 15 is 0 Å². The van der Waals surface area contributed by atoms with Crippen molar-refractivity contribution in [3.63, 3.8) is 0 Å². The summed E-state index contributed by atoms with van der Waals surface area (Å²) in [4.78, 5) is 4.60. The fourth-order valence-corrected chi connectivity index (χ4v) is 3.59. The lowest BCUT2D eigenvalue weighted by Gasteiger charge is -2.20. The molecule has 1 unspecified atom stereocenters. The van der Waals surface area contributed by atoms with Crippen molar-refractivity contribution in [2.24, 2.45) is 0 Å². The number of benzene rings is 3. The topological polar surface area (TPSA) is 74.0 Å². The van der Waals surface area contributed by atoms with Crippen LogP contribution in [0.5, 0.6) is 17.2 Å². The molecule has 33 heavy (non-hydrogen) atoms. The van der Waals surface area contributed by atoms with Crippen LogP contribution in [-0.4, -0.2) is 23.8 Å². The average molecular weight is 446 g/mol. The lowest BCUT2D eigenvalue weighted by molar-refractivity contribution is 0.0892. The Kier molecular flexibility index (Phi) is 6.95. The summed E-state index contributed by atoms with van der Waals surface area (Å²) in [6.07, 6.45) is -0.442. The molecule has 0 radical (unpaired) electrons. The summed E-state index contributed by atoms with van der Waals surface area (Å²) >= 11 is 0. The third-order valence-electron chi connectivity index (χ3n) is 5.30. The van der Waals surface area contributed by atoms with Crippen LogP contribution in [0, 0.1) is 6.92 Å². The van der Waals surface area contributed by atoms with E-state index < -0.39 is 6.10 Å². The number of phenols is 1. The van der Waals surface area contributed by atoms with Gasteiger partial charge < -0.3 is 23.7 Å². The second-order valence-corrected chi connectivity index (χ2v) is 7.51. The van der Waals surface area contributed by atoms with Crippen LogP contribution < -0.4 is 9.47 Å². The second kappa shape index (κ2) is 10.2. The number of aromatic hydroxyl groups is 1. The van der Waals surface area contributed by atoms with Crippen molar-refractivity contribution in [1.82, 2.24) is 4.98 Å². The Morgan fingerprint density at radius 2 is 1.79 bits per heavy atom. The molecule has 1 atom stereocenters. The van der Waals surface area contributed by atoms with Crippen molar-refractivity contribution >= 4 is 0 Å². The van der Waals surface area contributed by atoms with Gasteiger partial charge in [0, 0.05) is 23.8 Å². The summed E-state index contributed by atoms with van der Waals surface area (Å²) < 4.78 is 23.0. The molecule has 0 aliphatic heterocycles. The van der Waals surface area contributed by atoms with Gasteiger partial charge in [-0.05, 0) is 55.8 Å². The molecule has 0 bridgehead atoms. The minimum absolute atomic E-state index is 0.116. The van der Waals surface area contributed by atoms with Gasteiger partial charge in [-0.3, -0.25) is 0 Å². The lowest BCUT2D eigenvalue weighted by Crippen LogP contribution is -2.07. The summed E-state index contributed by atoms with van der Waals surface area (Å²) in [6, 6.07) is 22.6. The summed E-state index contributed by atoms with van der Waals surface area (Å²) in [5.74, 6) is 2.67. The number of oxazole rings is 1. The monoisotopic (exact) mass is 445 g/mol. The van der Waals surface area contributed by atoms with Gasteiger partial charge in [0.2, 0.25) is 5.89 Å². The summed E-state index contributed by atoms with van der Waals surface area (Å²) in [6.45, 7) is 4.57. The minimum atomic E-state index is -0.442. The average Bonchev–Trinajstić information content (AvgIpc) is 3.22. The van der Waals surface area contributed by atoms with Gasteiger partial charge in [-0.25, -0.2) is 4.98 Å². The summed E-state index contributed by atoms with van der Waals surface area (Å²) in [7, 11) is 1.56. The Morgan fingerprint density at radius 1 is 0.970 bits per heavy atom.